The van der Waals surface area contributed by atoms with Gasteiger partial charge in [0.25, 0.3) is 0 Å². The normalized spacial score (nSPS) is 23.2. The molecule has 0 aliphatic carbocycles. The van der Waals surface area contributed by atoms with Gasteiger partial charge in [-0.25, -0.2) is 13.2 Å². The lowest BCUT2D eigenvalue weighted by atomic mass is 9.78. The van der Waals surface area contributed by atoms with Crippen LogP contribution in [0.4, 0.5) is 13.2 Å². The highest BCUT2D eigenvalue weighted by molar-refractivity contribution is 5.65. The second-order valence-corrected chi connectivity index (χ2v) is 5.45. The number of halogens is 3. The van der Waals surface area contributed by atoms with Gasteiger partial charge in [-0.1, -0.05) is 24.3 Å². The van der Waals surface area contributed by atoms with E-state index in [0.29, 0.717) is 12.1 Å². The lowest BCUT2D eigenvalue weighted by Gasteiger charge is -2.41. The van der Waals surface area contributed by atoms with Gasteiger partial charge in [0.05, 0.1) is 18.2 Å². The number of nitrogens with one attached hydrogen (secondary N) is 1. The molecule has 2 aromatic carbocycles. The molecule has 2 N–H and O–H groups in total. The first kappa shape index (κ1) is 15.5. The highest BCUT2D eigenvalue weighted by Crippen LogP contribution is 2.34. The van der Waals surface area contributed by atoms with E-state index in [1.165, 1.54) is 12.1 Å². The van der Waals surface area contributed by atoms with Crippen molar-refractivity contribution < 1.29 is 18.3 Å². The molecule has 1 saturated heterocycles. The van der Waals surface area contributed by atoms with Crippen molar-refractivity contribution >= 4 is 0 Å². The molecule has 0 unspecified atom stereocenters. The van der Waals surface area contributed by atoms with Crippen LogP contribution in [-0.4, -0.2) is 23.8 Å². The highest BCUT2D eigenvalue weighted by atomic mass is 19.1. The predicted octanol–water partition coefficient (Wildman–Crippen LogP) is 2.71. The van der Waals surface area contributed by atoms with Crippen LogP contribution in [0.25, 0.3) is 11.1 Å². The zero-order valence-corrected chi connectivity index (χ0v) is 11.9. The fraction of sp³-hybridized carbons (Fsp3) is 0.235. The monoisotopic (exact) mass is 318 g/mol. The number of hydrogen-bond acceptors (Lipinski definition) is 3. The molecule has 0 saturated carbocycles. The fourth-order valence-corrected chi connectivity index (χ4v) is 2.95. The van der Waals surface area contributed by atoms with E-state index in [0.717, 1.165) is 5.56 Å². The molecule has 6 heteroatoms. The van der Waals surface area contributed by atoms with Crippen molar-refractivity contribution in [2.75, 3.05) is 6.61 Å². The lowest BCUT2D eigenvalue weighted by molar-refractivity contribution is 0.151. The number of rotatable bonds is 3. The molecular formula is C17H13F3N2O. The van der Waals surface area contributed by atoms with E-state index in [2.05, 4.69) is 11.4 Å². The van der Waals surface area contributed by atoms with Crippen molar-refractivity contribution in [3.63, 3.8) is 0 Å². The van der Waals surface area contributed by atoms with Gasteiger partial charge in [0.2, 0.25) is 0 Å². The Morgan fingerprint density at radius 1 is 1.09 bits per heavy atom. The van der Waals surface area contributed by atoms with Crippen molar-refractivity contribution in [3.8, 4) is 17.2 Å². The van der Waals surface area contributed by atoms with Crippen LogP contribution >= 0.6 is 0 Å². The van der Waals surface area contributed by atoms with Gasteiger partial charge in [-0.2, -0.15) is 5.26 Å². The summed E-state index contributed by atoms with van der Waals surface area (Å²) in [6.07, 6.45) is 0. The Hall–Kier alpha value is -2.36. The maximum atomic E-state index is 13.8. The van der Waals surface area contributed by atoms with Crippen LogP contribution in [0.3, 0.4) is 0 Å². The molecule has 0 bridgehead atoms. The van der Waals surface area contributed by atoms with Crippen LogP contribution in [-0.2, 0) is 0 Å². The minimum Gasteiger partial charge on any atom is -0.395 e. The number of aliphatic hydroxyl groups is 1. The second kappa shape index (κ2) is 6.03. The molecule has 0 amide bonds. The van der Waals surface area contributed by atoms with Crippen LogP contribution in [0.2, 0.25) is 0 Å². The minimum atomic E-state index is -0.969. The molecular weight excluding hydrogens is 305 g/mol. The smallest absolute Gasteiger partial charge is 0.136 e. The van der Waals surface area contributed by atoms with E-state index in [9.17, 15) is 18.3 Å². The predicted molar refractivity (Wildman–Crippen MR) is 77.9 cm³/mol. The summed E-state index contributed by atoms with van der Waals surface area (Å²) >= 11 is 0. The maximum Gasteiger partial charge on any atom is 0.136 e. The molecule has 118 valence electrons. The minimum absolute atomic E-state index is 0.105. The van der Waals surface area contributed by atoms with Crippen LogP contribution in [0.15, 0.2) is 36.4 Å². The third-order valence-corrected chi connectivity index (χ3v) is 4.11. The summed E-state index contributed by atoms with van der Waals surface area (Å²) in [7, 11) is 0. The number of nitriles is 1. The SMILES string of the molecule is N#C[C@@H]1N[C@@H](CO)[C@H]1c1ccc(-c2c(F)cc(F)cc2F)cc1. The molecule has 2 aromatic rings. The molecule has 23 heavy (non-hydrogen) atoms. The van der Waals surface area contributed by atoms with Crippen molar-refractivity contribution in [1.29, 1.82) is 5.26 Å². The largest absolute Gasteiger partial charge is 0.395 e. The van der Waals surface area contributed by atoms with Crippen molar-refractivity contribution in [1.82, 2.24) is 5.32 Å². The van der Waals surface area contributed by atoms with Crippen molar-refractivity contribution in [2.24, 2.45) is 0 Å². The second-order valence-electron chi connectivity index (χ2n) is 5.45. The first-order chi connectivity index (χ1) is 11.0. The van der Waals surface area contributed by atoms with E-state index < -0.39 is 23.5 Å². The molecule has 3 nitrogen and oxygen atoms in total. The van der Waals surface area contributed by atoms with Gasteiger partial charge >= 0.3 is 0 Å². The molecule has 1 aliphatic rings. The van der Waals surface area contributed by atoms with Gasteiger partial charge in [-0.3, -0.25) is 5.32 Å². The van der Waals surface area contributed by atoms with Crippen LogP contribution in [0.1, 0.15) is 11.5 Å². The van der Waals surface area contributed by atoms with Gasteiger partial charge in [0.1, 0.15) is 23.5 Å². The quantitative estimate of drug-likeness (QED) is 0.915. The number of aliphatic hydroxyl groups excluding tert-OH is 1. The Morgan fingerprint density at radius 3 is 2.22 bits per heavy atom. The first-order valence-corrected chi connectivity index (χ1v) is 7.06. The average molecular weight is 318 g/mol. The topological polar surface area (TPSA) is 56.0 Å². The Labute approximate surface area is 131 Å². The van der Waals surface area contributed by atoms with Crippen LogP contribution in [0, 0.1) is 28.8 Å². The maximum absolute atomic E-state index is 13.8. The lowest BCUT2D eigenvalue weighted by Crippen LogP contribution is -2.60. The summed E-state index contributed by atoms with van der Waals surface area (Å²) in [5.74, 6) is -3.09. The summed E-state index contributed by atoms with van der Waals surface area (Å²) in [5.41, 5.74) is 0.784. The van der Waals surface area contributed by atoms with E-state index in [4.69, 9.17) is 5.26 Å². The average Bonchev–Trinajstić information content (AvgIpc) is 2.48. The standard InChI is InChI=1S/C17H13F3N2O/c18-11-5-12(19)16(13(20)6-11)9-1-3-10(4-2-9)17-14(7-21)22-15(17)8-23/h1-6,14-15,17,22-23H,8H2/t14-,15-,17-/m0/s1. The number of nitrogens with zero attached hydrogens (tertiary/aromatic N) is 1. The molecule has 1 aliphatic heterocycles. The summed E-state index contributed by atoms with van der Waals surface area (Å²) in [6.45, 7) is -0.105. The third-order valence-electron chi connectivity index (χ3n) is 4.11. The van der Waals surface area contributed by atoms with Crippen LogP contribution in [0.5, 0.6) is 0 Å². The van der Waals surface area contributed by atoms with Crippen molar-refractivity contribution in [3.05, 3.63) is 59.4 Å². The summed E-state index contributed by atoms with van der Waals surface area (Å²) in [5, 5.41) is 21.2. The molecule has 0 aromatic heterocycles. The van der Waals surface area contributed by atoms with E-state index >= 15 is 0 Å². The van der Waals surface area contributed by atoms with Gasteiger partial charge in [-0.05, 0) is 11.1 Å². The Morgan fingerprint density at radius 2 is 1.70 bits per heavy atom. The van der Waals surface area contributed by atoms with Gasteiger partial charge < -0.3 is 5.11 Å². The fourth-order valence-electron chi connectivity index (χ4n) is 2.95. The molecule has 1 fully saturated rings. The van der Waals surface area contributed by atoms with Crippen molar-refractivity contribution in [2.45, 2.75) is 18.0 Å². The molecule has 0 spiro atoms. The molecule has 1 heterocycles. The summed E-state index contributed by atoms with van der Waals surface area (Å²) in [6, 6.07) is 9.12. The van der Waals surface area contributed by atoms with Gasteiger partial charge in [0.15, 0.2) is 0 Å². The van der Waals surface area contributed by atoms with E-state index in [-0.39, 0.29) is 29.7 Å². The Balaban J connectivity index is 1.93. The molecule has 3 rings (SSSR count). The Bertz CT molecular complexity index is 747. The Kier molecular flexibility index (Phi) is 4.07. The third kappa shape index (κ3) is 2.69. The number of hydrogen-bond donors (Lipinski definition) is 2. The van der Waals surface area contributed by atoms with Crippen LogP contribution < -0.4 is 5.32 Å². The zero-order chi connectivity index (χ0) is 16.6. The number of benzene rings is 2. The first-order valence-electron chi connectivity index (χ1n) is 7.06. The van der Waals surface area contributed by atoms with E-state index in [1.54, 1.807) is 12.1 Å². The van der Waals surface area contributed by atoms with Gasteiger partial charge in [0, 0.05) is 24.1 Å². The molecule has 3 atom stereocenters. The van der Waals surface area contributed by atoms with Gasteiger partial charge in [-0.15, -0.1) is 0 Å². The highest BCUT2D eigenvalue weighted by Gasteiger charge is 2.41. The van der Waals surface area contributed by atoms with E-state index in [1.807, 2.05) is 0 Å². The summed E-state index contributed by atoms with van der Waals surface area (Å²) < 4.78 is 40.6. The molecule has 0 radical (unpaired) electrons. The summed E-state index contributed by atoms with van der Waals surface area (Å²) in [4.78, 5) is 0. The zero-order valence-electron chi connectivity index (χ0n) is 11.9.